The molecule has 6 heteroatoms. The second-order valence-electron chi connectivity index (χ2n) is 8.13. The summed E-state index contributed by atoms with van der Waals surface area (Å²) in [5.74, 6) is 0.973. The molecule has 2 amide bonds. The fourth-order valence-electron chi connectivity index (χ4n) is 4.54. The molecule has 150 valence electrons. The fourth-order valence-corrected chi connectivity index (χ4v) is 5.44. The number of amides is 2. The Labute approximate surface area is 174 Å². The first-order chi connectivity index (χ1) is 14.1. The molecule has 1 aliphatic carbocycles. The molecule has 0 spiro atoms. The van der Waals surface area contributed by atoms with Crippen molar-refractivity contribution in [3.8, 4) is 0 Å². The zero-order valence-electron chi connectivity index (χ0n) is 16.6. The van der Waals surface area contributed by atoms with E-state index >= 15 is 0 Å². The number of nitrogens with zero attached hydrogens (tertiary/aromatic N) is 3. The Kier molecular flexibility index (Phi) is 4.66. The van der Waals surface area contributed by atoms with Gasteiger partial charge in [-0.2, -0.15) is 0 Å². The lowest BCUT2D eigenvalue weighted by Gasteiger charge is -2.35. The van der Waals surface area contributed by atoms with Crippen LogP contribution in [0.5, 0.6) is 0 Å². The number of piperazine rings is 1. The van der Waals surface area contributed by atoms with Crippen molar-refractivity contribution in [3.05, 3.63) is 58.4 Å². The third kappa shape index (κ3) is 3.46. The zero-order chi connectivity index (χ0) is 20.0. The van der Waals surface area contributed by atoms with Crippen molar-refractivity contribution in [1.82, 2.24) is 14.4 Å². The normalized spacial score (nSPS) is 21.6. The smallest absolute Gasteiger partial charge is 0.227 e. The lowest BCUT2D eigenvalue weighted by atomic mass is 10.1. The summed E-state index contributed by atoms with van der Waals surface area (Å²) in [7, 11) is 2.02. The first kappa shape index (κ1) is 18.4. The minimum atomic E-state index is 0.145. The average molecular weight is 408 g/mol. The van der Waals surface area contributed by atoms with Crippen LogP contribution in [0.25, 0.3) is 10.9 Å². The van der Waals surface area contributed by atoms with E-state index in [1.807, 2.05) is 29.0 Å². The van der Waals surface area contributed by atoms with Crippen LogP contribution in [0.3, 0.4) is 0 Å². The number of hydrogen-bond donors (Lipinski definition) is 0. The molecule has 0 radical (unpaired) electrons. The van der Waals surface area contributed by atoms with Gasteiger partial charge < -0.3 is 14.4 Å². The topological polar surface area (TPSA) is 45.6 Å². The maximum atomic E-state index is 12.9. The summed E-state index contributed by atoms with van der Waals surface area (Å²) in [4.78, 5) is 30.9. The van der Waals surface area contributed by atoms with Crippen LogP contribution in [-0.2, 0) is 23.1 Å². The van der Waals surface area contributed by atoms with Crippen LogP contribution in [0.15, 0.2) is 48.0 Å². The molecule has 1 saturated heterocycles. The molecule has 2 atom stereocenters. The van der Waals surface area contributed by atoms with Gasteiger partial charge in [-0.1, -0.05) is 24.3 Å². The van der Waals surface area contributed by atoms with E-state index in [0.717, 1.165) is 22.9 Å². The molecule has 3 heterocycles. The molecule has 3 aromatic rings. The average Bonchev–Trinajstić information content (AvgIpc) is 3.22. The van der Waals surface area contributed by atoms with E-state index in [1.54, 1.807) is 11.3 Å². The van der Waals surface area contributed by atoms with Crippen LogP contribution in [0.1, 0.15) is 22.8 Å². The summed E-state index contributed by atoms with van der Waals surface area (Å²) >= 11 is 1.74. The number of fused-ring (bicyclic) bond motifs is 1. The molecule has 29 heavy (non-hydrogen) atoms. The lowest BCUT2D eigenvalue weighted by molar-refractivity contribution is -0.140. The van der Waals surface area contributed by atoms with Crippen LogP contribution < -0.4 is 0 Å². The molecule has 1 aromatic carbocycles. The van der Waals surface area contributed by atoms with Gasteiger partial charge in [-0.15, -0.1) is 11.3 Å². The van der Waals surface area contributed by atoms with E-state index in [-0.39, 0.29) is 17.7 Å². The molecule has 1 saturated carbocycles. The van der Waals surface area contributed by atoms with Crippen molar-refractivity contribution in [3.63, 3.8) is 0 Å². The Hall–Kier alpha value is -2.60. The zero-order valence-corrected chi connectivity index (χ0v) is 17.4. The molecular formula is C23H25N3O2S. The summed E-state index contributed by atoms with van der Waals surface area (Å²) < 4.78 is 2.08. The van der Waals surface area contributed by atoms with E-state index in [2.05, 4.69) is 40.4 Å². The van der Waals surface area contributed by atoms with E-state index in [0.29, 0.717) is 38.5 Å². The highest BCUT2D eigenvalue weighted by molar-refractivity contribution is 7.10. The number of para-hydroxylation sites is 1. The largest absolute Gasteiger partial charge is 0.350 e. The fraction of sp³-hybridized carbons (Fsp3) is 0.391. The van der Waals surface area contributed by atoms with Gasteiger partial charge in [0.25, 0.3) is 0 Å². The van der Waals surface area contributed by atoms with Gasteiger partial charge >= 0.3 is 0 Å². The molecular weight excluding hydrogens is 382 g/mol. The highest BCUT2D eigenvalue weighted by Crippen LogP contribution is 2.50. The Morgan fingerprint density at radius 3 is 2.55 bits per heavy atom. The van der Waals surface area contributed by atoms with Crippen molar-refractivity contribution < 1.29 is 9.59 Å². The van der Waals surface area contributed by atoms with Gasteiger partial charge in [0, 0.05) is 67.0 Å². The van der Waals surface area contributed by atoms with Gasteiger partial charge in [0.05, 0.1) is 6.42 Å². The highest BCUT2D eigenvalue weighted by atomic mass is 32.1. The van der Waals surface area contributed by atoms with Crippen LogP contribution >= 0.6 is 11.3 Å². The third-order valence-corrected chi connectivity index (χ3v) is 7.29. The standard InChI is InChI=1S/C23H25N3O2S/c1-24-15-16(17-5-2-3-6-20(17)24)13-22(27)25-8-10-26(11-9-25)23(28)19-14-18(19)21-7-4-12-29-21/h2-7,12,15,18-19H,8-11,13-14H2,1H3. The predicted molar refractivity (Wildman–Crippen MR) is 115 cm³/mol. The first-order valence-corrected chi connectivity index (χ1v) is 11.1. The maximum Gasteiger partial charge on any atom is 0.227 e. The Bertz CT molecular complexity index is 1050. The Morgan fingerprint density at radius 2 is 1.79 bits per heavy atom. The molecule has 2 unspecified atom stereocenters. The molecule has 5 nitrogen and oxygen atoms in total. The molecule has 2 aromatic heterocycles. The van der Waals surface area contributed by atoms with Gasteiger partial charge in [-0.3, -0.25) is 9.59 Å². The SMILES string of the molecule is Cn1cc(CC(=O)N2CCN(C(=O)C3CC3c3cccs3)CC2)c2ccccc21. The van der Waals surface area contributed by atoms with Crippen LogP contribution in [-0.4, -0.2) is 52.4 Å². The van der Waals surface area contributed by atoms with Crippen LogP contribution in [0.4, 0.5) is 0 Å². The van der Waals surface area contributed by atoms with Crippen LogP contribution in [0.2, 0.25) is 0 Å². The second kappa shape index (κ2) is 7.34. The number of carbonyl (C=O) groups excluding carboxylic acids is 2. The Balaban J connectivity index is 1.17. The predicted octanol–water partition coefficient (Wildman–Crippen LogP) is 3.26. The second-order valence-corrected chi connectivity index (χ2v) is 9.11. The molecule has 2 fully saturated rings. The monoisotopic (exact) mass is 407 g/mol. The van der Waals surface area contributed by atoms with Gasteiger partial charge in [0.2, 0.25) is 11.8 Å². The van der Waals surface area contributed by atoms with E-state index in [1.165, 1.54) is 4.88 Å². The number of hydrogen-bond acceptors (Lipinski definition) is 3. The van der Waals surface area contributed by atoms with Gasteiger partial charge in [-0.25, -0.2) is 0 Å². The van der Waals surface area contributed by atoms with E-state index in [9.17, 15) is 9.59 Å². The van der Waals surface area contributed by atoms with Gasteiger partial charge in [-0.05, 0) is 29.5 Å². The molecule has 1 aliphatic heterocycles. The minimum Gasteiger partial charge on any atom is -0.350 e. The van der Waals surface area contributed by atoms with Crippen molar-refractivity contribution in [1.29, 1.82) is 0 Å². The summed E-state index contributed by atoms with van der Waals surface area (Å²) in [6, 6.07) is 12.4. The number of aryl methyl sites for hydroxylation is 1. The van der Waals surface area contributed by atoms with E-state index < -0.39 is 0 Å². The Morgan fingerprint density at radius 1 is 1.03 bits per heavy atom. The van der Waals surface area contributed by atoms with Crippen LogP contribution in [0, 0.1) is 5.92 Å². The maximum absolute atomic E-state index is 12.9. The summed E-state index contributed by atoms with van der Waals surface area (Å²) in [5, 5.41) is 3.22. The molecule has 5 rings (SSSR count). The number of aromatic nitrogens is 1. The van der Waals surface area contributed by atoms with Gasteiger partial charge in [0.15, 0.2) is 0 Å². The quantitative estimate of drug-likeness (QED) is 0.666. The first-order valence-electron chi connectivity index (χ1n) is 10.2. The van der Waals surface area contributed by atoms with E-state index in [4.69, 9.17) is 0 Å². The minimum absolute atomic E-state index is 0.145. The molecule has 2 aliphatic rings. The number of benzene rings is 1. The van der Waals surface area contributed by atoms with Crippen molar-refractivity contribution in [2.24, 2.45) is 13.0 Å². The van der Waals surface area contributed by atoms with Crippen molar-refractivity contribution in [2.45, 2.75) is 18.8 Å². The lowest BCUT2D eigenvalue weighted by Crippen LogP contribution is -2.51. The number of rotatable bonds is 4. The molecule has 0 bridgehead atoms. The summed E-state index contributed by atoms with van der Waals surface area (Å²) in [6.07, 6.45) is 3.44. The summed E-state index contributed by atoms with van der Waals surface area (Å²) in [6.45, 7) is 2.55. The van der Waals surface area contributed by atoms with Gasteiger partial charge in [0.1, 0.15) is 0 Å². The molecule has 0 N–H and O–H groups in total. The third-order valence-electron chi connectivity index (χ3n) is 6.28. The highest BCUT2D eigenvalue weighted by Gasteiger charge is 2.46. The summed E-state index contributed by atoms with van der Waals surface area (Å²) in [5.41, 5.74) is 2.22. The van der Waals surface area contributed by atoms with Crippen molar-refractivity contribution in [2.75, 3.05) is 26.2 Å². The number of carbonyl (C=O) groups is 2. The number of thiophene rings is 1. The van der Waals surface area contributed by atoms with Crippen molar-refractivity contribution >= 4 is 34.1 Å².